The molecule has 0 aliphatic heterocycles. The van der Waals surface area contributed by atoms with Gasteiger partial charge in [-0.15, -0.1) is 0 Å². The van der Waals surface area contributed by atoms with Gasteiger partial charge in [0.15, 0.2) is 5.76 Å². The van der Waals surface area contributed by atoms with Crippen LogP contribution in [0.2, 0.25) is 0 Å². The van der Waals surface area contributed by atoms with E-state index in [2.05, 4.69) is 20.0 Å². The first kappa shape index (κ1) is 19.6. The van der Waals surface area contributed by atoms with Crippen molar-refractivity contribution >= 4 is 15.9 Å². The summed E-state index contributed by atoms with van der Waals surface area (Å²) in [5.41, 5.74) is 1.02. The number of sulfonamides is 1. The normalized spacial score (nSPS) is 11.3. The second-order valence-corrected chi connectivity index (χ2v) is 7.42. The molecular formula is C18H17FN4O4S. The fourth-order valence-electron chi connectivity index (χ4n) is 2.43. The van der Waals surface area contributed by atoms with Gasteiger partial charge in [-0.2, -0.15) is 0 Å². The molecule has 8 nitrogen and oxygen atoms in total. The van der Waals surface area contributed by atoms with Gasteiger partial charge >= 0.3 is 0 Å². The number of carbonyl (C=O) groups excluding carboxylic acids is 1. The van der Waals surface area contributed by atoms with Crippen LogP contribution in [0.15, 0.2) is 64.4 Å². The molecule has 2 N–H and O–H groups in total. The predicted molar refractivity (Wildman–Crippen MR) is 97.8 cm³/mol. The smallest absolute Gasteiger partial charge is 0.243 e. The number of nitrogens with zero attached hydrogens (tertiary/aromatic N) is 2. The molecule has 3 rings (SSSR count). The van der Waals surface area contributed by atoms with Gasteiger partial charge in [-0.05, 0) is 24.3 Å². The van der Waals surface area contributed by atoms with Gasteiger partial charge < -0.3 is 9.73 Å². The van der Waals surface area contributed by atoms with Crippen LogP contribution in [0, 0.1) is 5.82 Å². The number of benzene rings is 1. The van der Waals surface area contributed by atoms with E-state index in [9.17, 15) is 17.6 Å². The molecule has 0 bridgehead atoms. The van der Waals surface area contributed by atoms with Crippen LogP contribution in [0.1, 0.15) is 12.1 Å². The minimum absolute atomic E-state index is 0.1000. The maximum Gasteiger partial charge on any atom is 0.243 e. The molecule has 0 saturated heterocycles. The number of furan rings is 1. The first-order valence-electron chi connectivity index (χ1n) is 8.32. The summed E-state index contributed by atoms with van der Waals surface area (Å²) in [6, 6.07) is 8.47. The highest BCUT2D eigenvalue weighted by atomic mass is 32.2. The zero-order valence-corrected chi connectivity index (χ0v) is 15.4. The van der Waals surface area contributed by atoms with Crippen LogP contribution in [0.4, 0.5) is 4.39 Å². The van der Waals surface area contributed by atoms with E-state index in [1.165, 1.54) is 30.8 Å². The van der Waals surface area contributed by atoms with Gasteiger partial charge in [0.05, 0.1) is 18.5 Å². The fourth-order valence-corrected chi connectivity index (χ4v) is 3.53. The zero-order chi connectivity index (χ0) is 20.0. The van der Waals surface area contributed by atoms with Crippen LogP contribution in [0.5, 0.6) is 0 Å². The number of amides is 1. The second-order valence-electron chi connectivity index (χ2n) is 5.68. The van der Waals surface area contributed by atoms with Crippen molar-refractivity contribution in [2.75, 3.05) is 6.54 Å². The number of hydrogen-bond donors (Lipinski definition) is 2. The van der Waals surface area contributed by atoms with Crippen molar-refractivity contribution in [1.29, 1.82) is 0 Å². The third-order valence-electron chi connectivity index (χ3n) is 3.75. The summed E-state index contributed by atoms with van der Waals surface area (Å²) >= 11 is 0. The molecule has 0 fully saturated rings. The molecule has 2 aromatic heterocycles. The van der Waals surface area contributed by atoms with Crippen LogP contribution in [-0.4, -0.2) is 30.8 Å². The lowest BCUT2D eigenvalue weighted by Crippen LogP contribution is -2.31. The molecule has 0 aliphatic carbocycles. The van der Waals surface area contributed by atoms with Gasteiger partial charge in [-0.1, -0.05) is 12.1 Å². The average Bonchev–Trinajstić information content (AvgIpc) is 3.21. The summed E-state index contributed by atoms with van der Waals surface area (Å²) in [6.45, 7) is -0.0726. The van der Waals surface area contributed by atoms with Gasteiger partial charge in [0, 0.05) is 25.4 Å². The number of nitrogens with one attached hydrogen (secondary N) is 2. The Kier molecular flexibility index (Phi) is 6.12. The van der Waals surface area contributed by atoms with E-state index < -0.39 is 26.6 Å². The SMILES string of the molecule is O=C(CCNS(=O)(=O)c1ccccc1F)NCc1nccnc1-c1ccco1. The van der Waals surface area contributed by atoms with Gasteiger partial charge in [0.25, 0.3) is 0 Å². The number of halogens is 1. The Morgan fingerprint density at radius 1 is 1.11 bits per heavy atom. The summed E-state index contributed by atoms with van der Waals surface area (Å²) in [5.74, 6) is -0.727. The van der Waals surface area contributed by atoms with Crippen molar-refractivity contribution in [1.82, 2.24) is 20.0 Å². The van der Waals surface area contributed by atoms with E-state index in [0.29, 0.717) is 17.1 Å². The molecule has 10 heteroatoms. The molecule has 0 spiro atoms. The molecule has 2 heterocycles. The minimum Gasteiger partial charge on any atom is -0.463 e. The first-order valence-corrected chi connectivity index (χ1v) is 9.80. The quantitative estimate of drug-likeness (QED) is 0.592. The highest BCUT2D eigenvalue weighted by molar-refractivity contribution is 7.89. The first-order chi connectivity index (χ1) is 13.5. The molecule has 28 heavy (non-hydrogen) atoms. The van der Waals surface area contributed by atoms with E-state index in [4.69, 9.17) is 4.42 Å². The minimum atomic E-state index is -4.03. The molecule has 1 amide bonds. The highest BCUT2D eigenvalue weighted by Gasteiger charge is 2.18. The Labute approximate surface area is 160 Å². The Hall–Kier alpha value is -3.11. The Balaban J connectivity index is 1.53. The molecule has 3 aromatic rings. The Morgan fingerprint density at radius 2 is 1.89 bits per heavy atom. The van der Waals surface area contributed by atoms with Gasteiger partial charge in [-0.3, -0.25) is 9.78 Å². The number of rotatable bonds is 8. The van der Waals surface area contributed by atoms with E-state index >= 15 is 0 Å². The van der Waals surface area contributed by atoms with Crippen molar-refractivity contribution in [2.24, 2.45) is 0 Å². The van der Waals surface area contributed by atoms with Crippen LogP contribution in [0.25, 0.3) is 11.5 Å². The number of aromatic nitrogens is 2. The van der Waals surface area contributed by atoms with Crippen molar-refractivity contribution in [3.05, 3.63) is 66.6 Å². The molecule has 0 radical (unpaired) electrons. The van der Waals surface area contributed by atoms with Crippen LogP contribution in [-0.2, 0) is 21.4 Å². The predicted octanol–water partition coefficient (Wildman–Crippen LogP) is 1.86. The second kappa shape index (κ2) is 8.72. The summed E-state index contributed by atoms with van der Waals surface area (Å²) in [7, 11) is -4.03. The van der Waals surface area contributed by atoms with E-state index in [1.54, 1.807) is 12.1 Å². The lowest BCUT2D eigenvalue weighted by atomic mass is 10.2. The van der Waals surface area contributed by atoms with Crippen molar-refractivity contribution in [2.45, 2.75) is 17.9 Å². The van der Waals surface area contributed by atoms with Crippen molar-refractivity contribution < 1.29 is 22.0 Å². The van der Waals surface area contributed by atoms with Gasteiger partial charge in [-0.25, -0.2) is 22.5 Å². The maximum atomic E-state index is 13.6. The highest BCUT2D eigenvalue weighted by Crippen LogP contribution is 2.19. The van der Waals surface area contributed by atoms with Gasteiger partial charge in [0.1, 0.15) is 16.4 Å². The van der Waals surface area contributed by atoms with Crippen molar-refractivity contribution in [3.8, 4) is 11.5 Å². The van der Waals surface area contributed by atoms with Gasteiger partial charge in [0.2, 0.25) is 15.9 Å². The fraction of sp³-hybridized carbons (Fsp3) is 0.167. The van der Waals surface area contributed by atoms with Crippen LogP contribution in [0.3, 0.4) is 0 Å². The van der Waals surface area contributed by atoms with E-state index in [1.807, 2.05) is 0 Å². The van der Waals surface area contributed by atoms with E-state index in [-0.39, 0.29) is 19.5 Å². The zero-order valence-electron chi connectivity index (χ0n) is 14.6. The average molecular weight is 404 g/mol. The summed E-state index contributed by atoms with van der Waals surface area (Å²) in [6.07, 6.45) is 4.40. The summed E-state index contributed by atoms with van der Waals surface area (Å²) in [4.78, 5) is 19.9. The molecule has 1 aromatic carbocycles. The largest absolute Gasteiger partial charge is 0.463 e. The molecular weight excluding hydrogens is 387 g/mol. The lowest BCUT2D eigenvalue weighted by Gasteiger charge is -2.09. The van der Waals surface area contributed by atoms with Crippen LogP contribution >= 0.6 is 0 Å². The van der Waals surface area contributed by atoms with E-state index in [0.717, 1.165) is 12.1 Å². The third kappa shape index (κ3) is 4.78. The molecule has 0 aliphatic rings. The topological polar surface area (TPSA) is 114 Å². The molecule has 0 unspecified atom stereocenters. The number of hydrogen-bond acceptors (Lipinski definition) is 6. The Morgan fingerprint density at radius 3 is 2.64 bits per heavy atom. The maximum absolute atomic E-state index is 13.6. The summed E-state index contributed by atoms with van der Waals surface area (Å²) < 4.78 is 45.3. The Bertz CT molecular complexity index is 1050. The monoisotopic (exact) mass is 404 g/mol. The molecule has 0 atom stereocenters. The standard InChI is InChI=1S/C18H17FN4O4S/c19-13-4-1-2-6-16(13)28(25,26)23-8-7-17(24)22-12-14-18(21-10-9-20-14)15-5-3-11-27-15/h1-6,9-11,23H,7-8,12H2,(H,22,24). The third-order valence-corrected chi connectivity index (χ3v) is 5.25. The van der Waals surface area contributed by atoms with Crippen LogP contribution < -0.4 is 10.0 Å². The number of carbonyl (C=O) groups is 1. The van der Waals surface area contributed by atoms with Crippen molar-refractivity contribution in [3.63, 3.8) is 0 Å². The summed E-state index contributed by atoms with van der Waals surface area (Å²) in [5, 5.41) is 2.65. The molecule has 146 valence electrons. The molecule has 0 saturated carbocycles. The lowest BCUT2D eigenvalue weighted by molar-refractivity contribution is -0.121.